The molecule has 1 aliphatic rings. The average molecular weight is 369 g/mol. The Morgan fingerprint density at radius 2 is 1.81 bits per heavy atom. The predicted molar refractivity (Wildman–Crippen MR) is 103 cm³/mol. The molecule has 3 aromatic rings. The molecule has 2 heterocycles. The van der Waals surface area contributed by atoms with Crippen molar-refractivity contribution in [2.75, 3.05) is 31.1 Å². The molecule has 0 N–H and O–H groups in total. The average Bonchev–Trinajstić information content (AvgIpc) is 3.14. The minimum absolute atomic E-state index is 0.578. The normalized spacial score (nSPS) is 15.4. The number of rotatable bonds is 4. The van der Waals surface area contributed by atoms with Gasteiger partial charge < -0.3 is 9.42 Å². The molecule has 0 unspecified atom stereocenters. The molecule has 26 heavy (non-hydrogen) atoms. The van der Waals surface area contributed by atoms with E-state index in [0.717, 1.165) is 42.6 Å². The molecule has 0 amide bonds. The van der Waals surface area contributed by atoms with Gasteiger partial charge in [0.15, 0.2) is 5.82 Å². The maximum absolute atomic E-state index is 6.16. The molecule has 0 aliphatic carbocycles. The Balaban J connectivity index is 1.37. The highest BCUT2D eigenvalue weighted by Crippen LogP contribution is 2.25. The van der Waals surface area contributed by atoms with E-state index in [1.54, 1.807) is 0 Å². The number of anilines is 1. The van der Waals surface area contributed by atoms with E-state index in [0.29, 0.717) is 12.4 Å². The van der Waals surface area contributed by atoms with Crippen LogP contribution in [0, 0.1) is 6.92 Å². The SMILES string of the molecule is Cc1ccc(Cl)cc1N1CCN(Cc2noc(-c3ccccc3)n2)CC1. The van der Waals surface area contributed by atoms with Crippen LogP contribution in [0.5, 0.6) is 0 Å². The van der Waals surface area contributed by atoms with Crippen LogP contribution in [0.25, 0.3) is 11.5 Å². The van der Waals surface area contributed by atoms with Crippen molar-refractivity contribution in [3.63, 3.8) is 0 Å². The van der Waals surface area contributed by atoms with E-state index in [4.69, 9.17) is 16.1 Å². The summed E-state index contributed by atoms with van der Waals surface area (Å²) in [5.74, 6) is 1.31. The molecule has 0 saturated carbocycles. The van der Waals surface area contributed by atoms with E-state index in [1.165, 1.54) is 11.3 Å². The first-order valence-electron chi connectivity index (χ1n) is 8.80. The maximum atomic E-state index is 6.16. The summed E-state index contributed by atoms with van der Waals surface area (Å²) in [6.45, 7) is 6.68. The van der Waals surface area contributed by atoms with E-state index in [9.17, 15) is 0 Å². The molecule has 1 saturated heterocycles. The van der Waals surface area contributed by atoms with Crippen molar-refractivity contribution in [3.8, 4) is 11.5 Å². The molecule has 1 aromatic heterocycles. The highest BCUT2D eigenvalue weighted by atomic mass is 35.5. The fourth-order valence-corrected chi connectivity index (χ4v) is 3.45. The van der Waals surface area contributed by atoms with Crippen molar-refractivity contribution in [2.45, 2.75) is 13.5 Å². The third-order valence-electron chi connectivity index (χ3n) is 4.74. The Hall–Kier alpha value is -2.37. The first-order valence-corrected chi connectivity index (χ1v) is 9.18. The lowest BCUT2D eigenvalue weighted by molar-refractivity contribution is 0.240. The number of piperazine rings is 1. The summed E-state index contributed by atoms with van der Waals surface area (Å²) in [7, 11) is 0. The number of aromatic nitrogens is 2. The molecule has 2 aromatic carbocycles. The number of nitrogens with zero attached hydrogens (tertiary/aromatic N) is 4. The lowest BCUT2D eigenvalue weighted by Gasteiger charge is -2.36. The molecule has 134 valence electrons. The zero-order valence-electron chi connectivity index (χ0n) is 14.7. The van der Waals surface area contributed by atoms with Crippen LogP contribution in [0.2, 0.25) is 5.02 Å². The van der Waals surface area contributed by atoms with Crippen LogP contribution in [0.15, 0.2) is 53.1 Å². The largest absolute Gasteiger partial charge is 0.369 e. The number of benzene rings is 2. The van der Waals surface area contributed by atoms with Crippen LogP contribution < -0.4 is 4.90 Å². The highest BCUT2D eigenvalue weighted by Gasteiger charge is 2.20. The molecule has 0 bridgehead atoms. The number of aryl methyl sites for hydroxylation is 1. The van der Waals surface area contributed by atoms with Gasteiger partial charge in [-0.05, 0) is 36.8 Å². The van der Waals surface area contributed by atoms with E-state index < -0.39 is 0 Å². The van der Waals surface area contributed by atoms with E-state index >= 15 is 0 Å². The number of hydrogen-bond acceptors (Lipinski definition) is 5. The topological polar surface area (TPSA) is 45.4 Å². The summed E-state index contributed by atoms with van der Waals surface area (Å²) in [6.07, 6.45) is 0. The fourth-order valence-electron chi connectivity index (χ4n) is 3.29. The molecule has 1 fully saturated rings. The smallest absolute Gasteiger partial charge is 0.257 e. The highest BCUT2D eigenvalue weighted by molar-refractivity contribution is 6.30. The van der Waals surface area contributed by atoms with E-state index in [-0.39, 0.29) is 0 Å². The van der Waals surface area contributed by atoms with Crippen LogP contribution in [0.4, 0.5) is 5.69 Å². The lowest BCUT2D eigenvalue weighted by Crippen LogP contribution is -2.46. The summed E-state index contributed by atoms with van der Waals surface area (Å²) >= 11 is 6.16. The maximum Gasteiger partial charge on any atom is 0.257 e. The standard InChI is InChI=1S/C20H21ClN4O/c1-15-7-8-17(21)13-18(15)25-11-9-24(10-12-25)14-19-22-20(26-23-19)16-5-3-2-4-6-16/h2-8,13H,9-12,14H2,1H3. The van der Waals surface area contributed by atoms with Crippen LogP contribution in [0.1, 0.15) is 11.4 Å². The van der Waals surface area contributed by atoms with Gasteiger partial charge in [0.25, 0.3) is 5.89 Å². The van der Waals surface area contributed by atoms with Crippen LogP contribution in [0.3, 0.4) is 0 Å². The van der Waals surface area contributed by atoms with Gasteiger partial charge in [-0.2, -0.15) is 4.98 Å². The third-order valence-corrected chi connectivity index (χ3v) is 4.97. The molecule has 4 rings (SSSR count). The molecular formula is C20H21ClN4O. The first kappa shape index (κ1) is 17.1. The minimum Gasteiger partial charge on any atom is -0.369 e. The van der Waals surface area contributed by atoms with Crippen LogP contribution in [-0.2, 0) is 6.54 Å². The lowest BCUT2D eigenvalue weighted by atomic mass is 10.1. The Morgan fingerprint density at radius 3 is 2.58 bits per heavy atom. The molecule has 0 spiro atoms. The van der Waals surface area contributed by atoms with Crippen molar-refractivity contribution in [1.82, 2.24) is 15.0 Å². The van der Waals surface area contributed by atoms with Crippen molar-refractivity contribution < 1.29 is 4.52 Å². The zero-order chi connectivity index (χ0) is 17.9. The molecule has 0 atom stereocenters. The van der Waals surface area contributed by atoms with Gasteiger partial charge in [0.1, 0.15) is 0 Å². The van der Waals surface area contributed by atoms with Gasteiger partial charge in [0.2, 0.25) is 0 Å². The van der Waals surface area contributed by atoms with E-state index in [1.807, 2.05) is 36.4 Å². The Bertz CT molecular complexity index is 873. The zero-order valence-corrected chi connectivity index (χ0v) is 15.5. The van der Waals surface area contributed by atoms with Crippen molar-refractivity contribution in [2.24, 2.45) is 0 Å². The summed E-state index contributed by atoms with van der Waals surface area (Å²) < 4.78 is 5.40. The summed E-state index contributed by atoms with van der Waals surface area (Å²) in [5.41, 5.74) is 3.43. The summed E-state index contributed by atoms with van der Waals surface area (Å²) in [4.78, 5) is 9.28. The first-order chi connectivity index (χ1) is 12.7. The van der Waals surface area contributed by atoms with Gasteiger partial charge in [-0.25, -0.2) is 0 Å². The second-order valence-electron chi connectivity index (χ2n) is 6.58. The van der Waals surface area contributed by atoms with E-state index in [2.05, 4.69) is 39.0 Å². The molecular weight excluding hydrogens is 348 g/mol. The van der Waals surface area contributed by atoms with Crippen molar-refractivity contribution in [3.05, 3.63) is 64.9 Å². The van der Waals surface area contributed by atoms with Gasteiger partial charge in [-0.1, -0.05) is 41.0 Å². The van der Waals surface area contributed by atoms with Crippen LogP contribution >= 0.6 is 11.6 Å². The predicted octanol–water partition coefficient (Wildman–Crippen LogP) is 4.02. The van der Waals surface area contributed by atoms with Gasteiger partial charge in [0.05, 0.1) is 6.54 Å². The van der Waals surface area contributed by atoms with Crippen molar-refractivity contribution >= 4 is 17.3 Å². The second kappa shape index (κ2) is 7.48. The quantitative estimate of drug-likeness (QED) is 0.696. The molecule has 0 radical (unpaired) electrons. The fraction of sp³-hybridized carbons (Fsp3) is 0.300. The monoisotopic (exact) mass is 368 g/mol. The Morgan fingerprint density at radius 1 is 1.04 bits per heavy atom. The minimum atomic E-state index is 0.578. The summed E-state index contributed by atoms with van der Waals surface area (Å²) in [5, 5.41) is 4.92. The van der Waals surface area contributed by atoms with Gasteiger partial charge >= 0.3 is 0 Å². The van der Waals surface area contributed by atoms with Gasteiger partial charge in [-0.15, -0.1) is 0 Å². The molecule has 6 heteroatoms. The van der Waals surface area contributed by atoms with Crippen LogP contribution in [-0.4, -0.2) is 41.2 Å². The Labute approximate surface area is 158 Å². The number of halogens is 1. The summed E-state index contributed by atoms with van der Waals surface area (Å²) in [6, 6.07) is 15.9. The Kier molecular flexibility index (Phi) is 4.91. The molecule has 5 nitrogen and oxygen atoms in total. The number of hydrogen-bond donors (Lipinski definition) is 0. The van der Waals surface area contributed by atoms with Gasteiger partial charge in [0, 0.05) is 42.5 Å². The second-order valence-corrected chi connectivity index (χ2v) is 7.01. The van der Waals surface area contributed by atoms with Crippen molar-refractivity contribution in [1.29, 1.82) is 0 Å². The third kappa shape index (κ3) is 3.74. The van der Waals surface area contributed by atoms with Gasteiger partial charge in [-0.3, -0.25) is 4.90 Å². The molecule has 1 aliphatic heterocycles.